The van der Waals surface area contributed by atoms with Crippen LogP contribution in [0, 0.1) is 23.5 Å². The molecule has 0 aliphatic heterocycles. The zero-order valence-electron chi connectivity index (χ0n) is 18.1. The van der Waals surface area contributed by atoms with E-state index in [2.05, 4.69) is 0 Å². The Morgan fingerprint density at radius 1 is 0.767 bits per heavy atom. The number of allylic oxidation sites excluding steroid dienone is 1. The first-order valence-corrected chi connectivity index (χ1v) is 12.0. The third-order valence-corrected chi connectivity index (χ3v) is 7.64. The van der Waals surface area contributed by atoms with Crippen molar-refractivity contribution >= 4 is 0 Å². The minimum Gasteiger partial charge on any atom is -0.371 e. The van der Waals surface area contributed by atoms with Gasteiger partial charge in [0.05, 0.1) is 6.61 Å². The highest BCUT2D eigenvalue weighted by Gasteiger charge is 2.29. The highest BCUT2D eigenvalue weighted by Crippen LogP contribution is 2.41. The predicted molar refractivity (Wildman–Crippen MR) is 114 cm³/mol. The van der Waals surface area contributed by atoms with E-state index in [-0.39, 0.29) is 17.7 Å². The van der Waals surface area contributed by atoms with E-state index in [0.29, 0.717) is 29.6 Å². The molecule has 0 aromatic heterocycles. The van der Waals surface area contributed by atoms with Gasteiger partial charge in [0.2, 0.25) is 0 Å². The Labute approximate surface area is 179 Å². The van der Waals surface area contributed by atoms with Gasteiger partial charge in [-0.25, -0.2) is 13.2 Å². The summed E-state index contributed by atoms with van der Waals surface area (Å²) in [6, 6.07) is 3.69. The molecule has 0 radical (unpaired) electrons. The molecule has 0 heterocycles. The van der Waals surface area contributed by atoms with Gasteiger partial charge in [0.15, 0.2) is 11.6 Å². The lowest BCUT2D eigenvalue weighted by atomic mass is 9.77. The molecular formula is C26H35F3O. The molecule has 2 saturated carbocycles. The lowest BCUT2D eigenvalue weighted by Crippen LogP contribution is -2.25. The molecule has 0 amide bonds. The normalized spacial score (nSPS) is 30.9. The van der Waals surface area contributed by atoms with Gasteiger partial charge in [-0.2, -0.15) is 0 Å². The summed E-state index contributed by atoms with van der Waals surface area (Å²) in [6.07, 6.45) is 11.9. The molecule has 1 aromatic carbocycles. The fourth-order valence-electron chi connectivity index (χ4n) is 5.69. The topological polar surface area (TPSA) is 9.23 Å². The first kappa shape index (κ1) is 21.9. The summed E-state index contributed by atoms with van der Waals surface area (Å²) in [4.78, 5) is 0. The molecule has 30 heavy (non-hydrogen) atoms. The molecule has 2 unspecified atom stereocenters. The van der Waals surface area contributed by atoms with Gasteiger partial charge < -0.3 is 4.74 Å². The van der Waals surface area contributed by atoms with Crippen LogP contribution in [0.15, 0.2) is 24.0 Å². The van der Waals surface area contributed by atoms with E-state index in [9.17, 15) is 13.2 Å². The van der Waals surface area contributed by atoms with Crippen LogP contribution in [-0.4, -0.2) is 12.7 Å². The molecule has 0 spiro atoms. The SMILES string of the molecule is CC1C=C(F)C(OCC2CCC(c3ccc(C4CCCCC4)c(F)c3F)CC2)CC1. The lowest BCUT2D eigenvalue weighted by molar-refractivity contribution is 0.0167. The van der Waals surface area contributed by atoms with Gasteiger partial charge in [0.25, 0.3) is 0 Å². The van der Waals surface area contributed by atoms with E-state index in [0.717, 1.165) is 64.2 Å². The van der Waals surface area contributed by atoms with Crippen LogP contribution in [0.2, 0.25) is 0 Å². The van der Waals surface area contributed by atoms with Crippen LogP contribution in [0.3, 0.4) is 0 Å². The fourth-order valence-corrected chi connectivity index (χ4v) is 5.69. The van der Waals surface area contributed by atoms with Gasteiger partial charge in [-0.3, -0.25) is 0 Å². The van der Waals surface area contributed by atoms with Crippen LogP contribution in [-0.2, 0) is 4.74 Å². The average Bonchev–Trinajstić information content (AvgIpc) is 2.76. The van der Waals surface area contributed by atoms with Gasteiger partial charge in [-0.15, -0.1) is 0 Å². The van der Waals surface area contributed by atoms with E-state index in [1.54, 1.807) is 6.08 Å². The molecule has 0 bridgehead atoms. The van der Waals surface area contributed by atoms with Crippen LogP contribution < -0.4 is 0 Å². The first-order chi connectivity index (χ1) is 14.5. The molecule has 3 aliphatic rings. The molecule has 4 rings (SSSR count). The molecule has 4 heteroatoms. The Morgan fingerprint density at radius 2 is 1.37 bits per heavy atom. The van der Waals surface area contributed by atoms with Gasteiger partial charge in [0.1, 0.15) is 11.9 Å². The molecular weight excluding hydrogens is 385 g/mol. The maximum absolute atomic E-state index is 14.9. The summed E-state index contributed by atoms with van der Waals surface area (Å²) in [5, 5.41) is 0. The maximum atomic E-state index is 14.9. The summed E-state index contributed by atoms with van der Waals surface area (Å²) in [6.45, 7) is 2.59. The summed E-state index contributed by atoms with van der Waals surface area (Å²) >= 11 is 0. The summed E-state index contributed by atoms with van der Waals surface area (Å²) in [5.74, 6) is -0.448. The Kier molecular flexibility index (Phi) is 7.23. The monoisotopic (exact) mass is 420 g/mol. The Balaban J connectivity index is 1.31. The molecule has 0 saturated heterocycles. The van der Waals surface area contributed by atoms with E-state index in [1.165, 1.54) is 6.42 Å². The van der Waals surface area contributed by atoms with E-state index < -0.39 is 17.7 Å². The van der Waals surface area contributed by atoms with E-state index in [1.807, 2.05) is 19.1 Å². The Hall–Kier alpha value is -1.29. The molecule has 2 atom stereocenters. The largest absolute Gasteiger partial charge is 0.371 e. The van der Waals surface area contributed by atoms with Crippen molar-refractivity contribution in [2.75, 3.05) is 6.61 Å². The van der Waals surface area contributed by atoms with Crippen molar-refractivity contribution in [2.45, 2.75) is 95.5 Å². The predicted octanol–water partition coefficient (Wildman–Crippen LogP) is 7.95. The summed E-state index contributed by atoms with van der Waals surface area (Å²) in [5.41, 5.74) is 1.12. The first-order valence-electron chi connectivity index (χ1n) is 12.0. The molecule has 1 aromatic rings. The molecule has 3 aliphatic carbocycles. The highest BCUT2D eigenvalue weighted by molar-refractivity contribution is 5.31. The zero-order valence-corrected chi connectivity index (χ0v) is 18.1. The number of rotatable bonds is 5. The molecule has 2 fully saturated rings. The van der Waals surface area contributed by atoms with Crippen molar-refractivity contribution in [2.24, 2.45) is 11.8 Å². The number of hydrogen-bond donors (Lipinski definition) is 0. The maximum Gasteiger partial charge on any atom is 0.162 e. The number of benzene rings is 1. The van der Waals surface area contributed by atoms with Gasteiger partial charge >= 0.3 is 0 Å². The molecule has 166 valence electrons. The van der Waals surface area contributed by atoms with Gasteiger partial charge in [-0.1, -0.05) is 38.3 Å². The fraction of sp³-hybridized carbons (Fsp3) is 0.692. The van der Waals surface area contributed by atoms with Gasteiger partial charge in [-0.05, 0) is 92.2 Å². The summed E-state index contributed by atoms with van der Waals surface area (Å²) in [7, 11) is 0. The van der Waals surface area contributed by atoms with Crippen LogP contribution in [0.5, 0.6) is 0 Å². The zero-order chi connectivity index (χ0) is 21.1. The number of hydrogen-bond acceptors (Lipinski definition) is 1. The molecule has 0 N–H and O–H groups in total. The van der Waals surface area contributed by atoms with E-state index >= 15 is 0 Å². The second-order valence-corrected chi connectivity index (χ2v) is 9.85. The van der Waals surface area contributed by atoms with Crippen LogP contribution >= 0.6 is 0 Å². The highest BCUT2D eigenvalue weighted by atomic mass is 19.2. The second-order valence-electron chi connectivity index (χ2n) is 9.85. The quantitative estimate of drug-likeness (QED) is 0.469. The van der Waals surface area contributed by atoms with Crippen molar-refractivity contribution in [3.63, 3.8) is 0 Å². The van der Waals surface area contributed by atoms with Crippen LogP contribution in [0.25, 0.3) is 0 Å². The van der Waals surface area contributed by atoms with Crippen molar-refractivity contribution < 1.29 is 17.9 Å². The number of halogens is 3. The average molecular weight is 421 g/mol. The van der Waals surface area contributed by atoms with Crippen LogP contribution in [0.1, 0.15) is 101 Å². The third kappa shape index (κ3) is 4.95. The third-order valence-electron chi connectivity index (χ3n) is 7.64. The minimum atomic E-state index is -0.624. The standard InChI is InChI=1S/C26H35F3O/c1-17-7-14-24(23(27)15-17)30-16-18-8-10-20(11-9-18)22-13-12-21(25(28)26(22)29)19-5-3-2-4-6-19/h12-13,15,17-20,24H,2-11,14,16H2,1H3. The summed E-state index contributed by atoms with van der Waals surface area (Å²) < 4.78 is 49.7. The molecule has 1 nitrogen and oxygen atoms in total. The van der Waals surface area contributed by atoms with Crippen molar-refractivity contribution in [1.82, 2.24) is 0 Å². The van der Waals surface area contributed by atoms with Crippen molar-refractivity contribution in [3.8, 4) is 0 Å². The van der Waals surface area contributed by atoms with Crippen molar-refractivity contribution in [1.29, 1.82) is 0 Å². The Bertz CT molecular complexity index is 745. The Morgan fingerprint density at radius 3 is 1.97 bits per heavy atom. The lowest BCUT2D eigenvalue weighted by Gasteiger charge is -2.31. The van der Waals surface area contributed by atoms with E-state index in [4.69, 9.17) is 4.74 Å². The van der Waals surface area contributed by atoms with Crippen molar-refractivity contribution in [3.05, 3.63) is 46.8 Å². The van der Waals surface area contributed by atoms with Gasteiger partial charge in [0, 0.05) is 0 Å². The number of ether oxygens (including phenoxy) is 1. The minimum absolute atomic E-state index is 0.0725. The second kappa shape index (κ2) is 9.89. The van der Waals surface area contributed by atoms with Crippen LogP contribution in [0.4, 0.5) is 13.2 Å². The smallest absolute Gasteiger partial charge is 0.162 e.